The third-order valence-corrected chi connectivity index (χ3v) is 2.92. The molecule has 0 aliphatic carbocycles. The van der Waals surface area contributed by atoms with Crippen LogP contribution in [0.25, 0.3) is 0 Å². The number of carboxylic acids is 1. The molecule has 0 fully saturated rings. The minimum atomic E-state index is -0.762. The minimum absolute atomic E-state index is 0.00972. The average Bonchev–Trinajstić information content (AvgIpc) is 1.85. The van der Waals surface area contributed by atoms with E-state index < -0.39 is 5.97 Å². The van der Waals surface area contributed by atoms with E-state index in [9.17, 15) is 4.79 Å². The molecule has 0 saturated heterocycles. The molecule has 0 unspecified atom stereocenters. The number of hydrogen-bond donors (Lipinski definition) is 2. The van der Waals surface area contributed by atoms with Crippen LogP contribution in [0.4, 0.5) is 0 Å². The molecule has 12 heavy (non-hydrogen) atoms. The summed E-state index contributed by atoms with van der Waals surface area (Å²) in [6.07, 6.45) is 0.900. The van der Waals surface area contributed by atoms with Crippen LogP contribution in [0.3, 0.4) is 0 Å². The highest BCUT2D eigenvalue weighted by Gasteiger charge is 2.17. The first-order valence-corrected chi connectivity index (χ1v) is 4.93. The van der Waals surface area contributed by atoms with Crippen LogP contribution in [0.1, 0.15) is 26.7 Å². The lowest BCUT2D eigenvalue weighted by Crippen LogP contribution is -2.17. The number of aliphatic carboxylic acids is 1. The summed E-state index contributed by atoms with van der Waals surface area (Å²) in [7, 11) is 0. The molecule has 0 aromatic carbocycles. The number of rotatable bonds is 6. The van der Waals surface area contributed by atoms with E-state index in [4.69, 9.17) is 10.2 Å². The molecule has 0 atom stereocenters. The predicted octanol–water partition coefficient (Wildman–Crippen LogP) is 1.36. The molecule has 0 aliphatic rings. The lowest BCUT2D eigenvalue weighted by molar-refractivity contribution is -0.136. The highest BCUT2D eigenvalue weighted by molar-refractivity contribution is 8.00. The molecule has 4 heteroatoms. The van der Waals surface area contributed by atoms with Crippen molar-refractivity contribution < 1.29 is 15.0 Å². The summed E-state index contributed by atoms with van der Waals surface area (Å²) in [4.78, 5) is 10.2. The molecule has 0 radical (unpaired) electrons. The first-order valence-electron chi connectivity index (χ1n) is 3.94. The molecule has 0 aliphatic heterocycles. The van der Waals surface area contributed by atoms with Gasteiger partial charge < -0.3 is 10.2 Å². The number of hydrogen-bond acceptors (Lipinski definition) is 3. The van der Waals surface area contributed by atoms with E-state index in [-0.39, 0.29) is 17.8 Å². The second-order valence-corrected chi connectivity index (χ2v) is 5.03. The van der Waals surface area contributed by atoms with Crippen molar-refractivity contribution >= 4 is 17.7 Å². The van der Waals surface area contributed by atoms with E-state index in [0.29, 0.717) is 12.2 Å². The third-order valence-electron chi connectivity index (χ3n) is 1.52. The minimum Gasteiger partial charge on any atom is -0.481 e. The summed E-state index contributed by atoms with van der Waals surface area (Å²) in [5, 5.41) is 17.1. The van der Waals surface area contributed by atoms with E-state index in [1.165, 1.54) is 0 Å². The average molecular weight is 192 g/mol. The van der Waals surface area contributed by atoms with Crippen LogP contribution < -0.4 is 0 Å². The van der Waals surface area contributed by atoms with Crippen LogP contribution in [0.2, 0.25) is 0 Å². The topological polar surface area (TPSA) is 57.5 Å². The van der Waals surface area contributed by atoms with Gasteiger partial charge in [-0.1, -0.05) is 13.8 Å². The zero-order valence-electron chi connectivity index (χ0n) is 7.54. The number of carbonyl (C=O) groups is 1. The molecule has 0 spiro atoms. The standard InChI is InChI=1S/C8H16O3S/c1-8(2,4-5-9)12-6-3-7(10)11/h9H,3-6H2,1-2H3,(H,10,11). The van der Waals surface area contributed by atoms with Crippen molar-refractivity contribution in [1.82, 2.24) is 0 Å². The molecule has 72 valence electrons. The van der Waals surface area contributed by atoms with Gasteiger partial charge in [-0.25, -0.2) is 0 Å². The van der Waals surface area contributed by atoms with Crippen LogP contribution in [0.5, 0.6) is 0 Å². The van der Waals surface area contributed by atoms with Crippen LogP contribution in [0, 0.1) is 0 Å². The molecule has 0 saturated carbocycles. The van der Waals surface area contributed by atoms with Crippen LogP contribution >= 0.6 is 11.8 Å². The van der Waals surface area contributed by atoms with Crippen molar-refractivity contribution in [2.75, 3.05) is 12.4 Å². The third kappa shape index (κ3) is 6.49. The Labute approximate surface area is 77.2 Å². The zero-order valence-corrected chi connectivity index (χ0v) is 8.36. The molecule has 0 aromatic rings. The van der Waals surface area contributed by atoms with Gasteiger partial charge in [0.2, 0.25) is 0 Å². The Morgan fingerprint density at radius 3 is 2.50 bits per heavy atom. The van der Waals surface area contributed by atoms with Gasteiger partial charge in [0.05, 0.1) is 6.42 Å². The molecule has 2 N–H and O–H groups in total. The molecular formula is C8H16O3S. The van der Waals surface area contributed by atoms with Gasteiger partial charge in [-0.3, -0.25) is 4.79 Å². The maximum Gasteiger partial charge on any atom is 0.304 e. The first-order chi connectivity index (χ1) is 5.48. The zero-order chi connectivity index (χ0) is 9.61. The molecule has 0 rings (SSSR count). The lowest BCUT2D eigenvalue weighted by Gasteiger charge is -2.22. The number of aliphatic hydroxyl groups excluding tert-OH is 1. The maximum absolute atomic E-state index is 10.2. The van der Waals surface area contributed by atoms with E-state index in [0.717, 1.165) is 0 Å². The van der Waals surface area contributed by atoms with Crippen LogP contribution in [-0.4, -0.2) is 33.3 Å². The second-order valence-electron chi connectivity index (χ2n) is 3.23. The smallest absolute Gasteiger partial charge is 0.304 e. The van der Waals surface area contributed by atoms with Crippen molar-refractivity contribution in [2.24, 2.45) is 0 Å². The fourth-order valence-corrected chi connectivity index (χ4v) is 1.82. The van der Waals surface area contributed by atoms with Crippen LogP contribution in [-0.2, 0) is 4.79 Å². The fraction of sp³-hybridized carbons (Fsp3) is 0.875. The van der Waals surface area contributed by atoms with E-state index in [1.54, 1.807) is 11.8 Å². The van der Waals surface area contributed by atoms with Crippen molar-refractivity contribution in [2.45, 2.75) is 31.4 Å². The largest absolute Gasteiger partial charge is 0.481 e. The summed E-state index contributed by atoms with van der Waals surface area (Å²) in [5.41, 5.74) is 0. The van der Waals surface area contributed by atoms with Gasteiger partial charge in [0.25, 0.3) is 0 Å². The van der Waals surface area contributed by atoms with Crippen molar-refractivity contribution in [3.05, 3.63) is 0 Å². The van der Waals surface area contributed by atoms with Crippen LogP contribution in [0.15, 0.2) is 0 Å². The highest BCUT2D eigenvalue weighted by Crippen LogP contribution is 2.27. The first kappa shape index (κ1) is 11.8. The predicted molar refractivity (Wildman–Crippen MR) is 50.5 cm³/mol. The molecular weight excluding hydrogens is 176 g/mol. The molecule has 0 amide bonds. The number of thioether (sulfide) groups is 1. The molecule has 0 heterocycles. The maximum atomic E-state index is 10.2. The van der Waals surface area contributed by atoms with Gasteiger partial charge in [0, 0.05) is 17.1 Å². The van der Waals surface area contributed by atoms with Gasteiger partial charge in [-0.05, 0) is 6.42 Å². The summed E-state index contributed by atoms with van der Waals surface area (Å²) >= 11 is 1.59. The quantitative estimate of drug-likeness (QED) is 0.667. The summed E-state index contributed by atoms with van der Waals surface area (Å²) in [6.45, 7) is 4.18. The highest BCUT2D eigenvalue weighted by atomic mass is 32.2. The molecule has 0 aromatic heterocycles. The number of aliphatic hydroxyl groups is 1. The SMILES string of the molecule is CC(C)(CCO)SCCC(=O)O. The Morgan fingerprint density at radius 2 is 2.08 bits per heavy atom. The lowest BCUT2D eigenvalue weighted by atomic mass is 10.1. The molecule has 0 bridgehead atoms. The number of carboxylic acid groups (broad SMARTS) is 1. The summed E-state index contributed by atoms with van der Waals surface area (Å²) in [5.74, 6) is -0.148. The van der Waals surface area contributed by atoms with Crippen molar-refractivity contribution in [3.63, 3.8) is 0 Å². The van der Waals surface area contributed by atoms with Gasteiger partial charge in [0.15, 0.2) is 0 Å². The summed E-state index contributed by atoms with van der Waals surface area (Å²) < 4.78 is -0.00972. The van der Waals surface area contributed by atoms with Gasteiger partial charge in [-0.15, -0.1) is 0 Å². The normalized spacial score (nSPS) is 11.6. The Morgan fingerprint density at radius 1 is 1.50 bits per heavy atom. The van der Waals surface area contributed by atoms with Gasteiger partial charge in [0.1, 0.15) is 0 Å². The Kier molecular flexibility index (Phi) is 5.33. The van der Waals surface area contributed by atoms with E-state index >= 15 is 0 Å². The van der Waals surface area contributed by atoms with Gasteiger partial charge >= 0.3 is 5.97 Å². The van der Waals surface area contributed by atoms with E-state index in [1.807, 2.05) is 13.8 Å². The molecule has 3 nitrogen and oxygen atoms in total. The Balaban J connectivity index is 3.53. The second kappa shape index (κ2) is 5.43. The van der Waals surface area contributed by atoms with Gasteiger partial charge in [-0.2, -0.15) is 11.8 Å². The Hall–Kier alpha value is -0.220. The monoisotopic (exact) mass is 192 g/mol. The Bertz CT molecular complexity index is 145. The van der Waals surface area contributed by atoms with E-state index in [2.05, 4.69) is 0 Å². The summed E-state index contributed by atoms with van der Waals surface area (Å²) in [6, 6.07) is 0. The van der Waals surface area contributed by atoms with Crippen molar-refractivity contribution in [3.8, 4) is 0 Å². The van der Waals surface area contributed by atoms with Crippen molar-refractivity contribution in [1.29, 1.82) is 0 Å². The fourth-order valence-electron chi connectivity index (χ4n) is 0.756.